The Labute approximate surface area is 156 Å². The first-order valence-electron chi connectivity index (χ1n) is 9.49. The van der Waals surface area contributed by atoms with E-state index in [9.17, 15) is 4.79 Å². The highest BCUT2D eigenvalue weighted by Crippen LogP contribution is 2.32. The van der Waals surface area contributed by atoms with Crippen LogP contribution in [0.25, 0.3) is 10.9 Å². The van der Waals surface area contributed by atoms with Crippen molar-refractivity contribution < 1.29 is 9.32 Å². The summed E-state index contributed by atoms with van der Waals surface area (Å²) in [5, 5.41) is 7.92. The molecule has 1 saturated carbocycles. The van der Waals surface area contributed by atoms with Crippen molar-refractivity contribution in [2.75, 3.05) is 6.54 Å². The second-order valence-electron chi connectivity index (χ2n) is 7.33. The van der Waals surface area contributed by atoms with E-state index in [0.29, 0.717) is 5.89 Å². The molecule has 138 valence electrons. The minimum atomic E-state index is -0.242. The molecule has 1 atom stereocenters. The van der Waals surface area contributed by atoms with E-state index >= 15 is 0 Å². The molecule has 7 heteroatoms. The van der Waals surface area contributed by atoms with E-state index in [1.807, 2.05) is 18.2 Å². The monoisotopic (exact) mass is 363 g/mol. The smallest absolute Gasteiger partial charge is 0.292 e. The van der Waals surface area contributed by atoms with Crippen LogP contribution < -0.4 is 5.32 Å². The Hall–Kier alpha value is -2.80. The molecule has 3 heterocycles. The van der Waals surface area contributed by atoms with Gasteiger partial charge in [0.05, 0.1) is 17.3 Å². The zero-order chi connectivity index (χ0) is 18.2. The van der Waals surface area contributed by atoms with Crippen LogP contribution in [0.5, 0.6) is 0 Å². The fourth-order valence-corrected chi connectivity index (χ4v) is 3.64. The van der Waals surface area contributed by atoms with Gasteiger partial charge in [0.25, 0.3) is 11.7 Å². The van der Waals surface area contributed by atoms with Gasteiger partial charge in [-0.2, -0.15) is 4.98 Å². The molecule has 27 heavy (non-hydrogen) atoms. The normalized spacial score (nSPS) is 20.2. The van der Waals surface area contributed by atoms with E-state index in [0.717, 1.165) is 55.4 Å². The van der Waals surface area contributed by atoms with Crippen LogP contribution in [0.2, 0.25) is 0 Å². The second-order valence-corrected chi connectivity index (χ2v) is 7.33. The van der Waals surface area contributed by atoms with Gasteiger partial charge in [-0.15, -0.1) is 0 Å². The summed E-state index contributed by atoms with van der Waals surface area (Å²) in [6, 6.07) is 12.6. The largest absolute Gasteiger partial charge is 0.346 e. The van der Waals surface area contributed by atoms with E-state index < -0.39 is 0 Å². The highest BCUT2D eigenvalue weighted by molar-refractivity contribution is 5.90. The minimum absolute atomic E-state index is 0.0354. The number of likely N-dealkylation sites (tertiary alicyclic amines) is 1. The van der Waals surface area contributed by atoms with Crippen molar-refractivity contribution in [3.05, 3.63) is 53.8 Å². The molecular formula is C20H21N5O2. The van der Waals surface area contributed by atoms with Crippen molar-refractivity contribution in [3.63, 3.8) is 0 Å². The summed E-state index contributed by atoms with van der Waals surface area (Å²) in [7, 11) is 0. The Morgan fingerprint density at radius 3 is 2.93 bits per heavy atom. The van der Waals surface area contributed by atoms with Crippen LogP contribution in [-0.2, 0) is 6.54 Å². The standard InChI is InChI=1S/C20H21N5O2/c26-19(22-14-9-10-14)18-23-20(27-24-18)17-6-3-11-25(17)12-15-8-7-13-4-1-2-5-16(13)21-15/h1-2,4-5,7-8,14,17H,3,6,9-12H2,(H,22,26)/t17-/m1/s1. The molecule has 2 aliphatic rings. The third-order valence-electron chi connectivity index (χ3n) is 5.23. The molecule has 1 aromatic carbocycles. The predicted octanol–water partition coefficient (Wildman–Crippen LogP) is 2.85. The highest BCUT2D eigenvalue weighted by Gasteiger charge is 2.32. The van der Waals surface area contributed by atoms with Gasteiger partial charge in [-0.25, -0.2) is 0 Å². The molecule has 1 saturated heterocycles. The van der Waals surface area contributed by atoms with Crippen molar-refractivity contribution in [1.29, 1.82) is 0 Å². The Bertz CT molecular complexity index is 981. The number of hydrogen-bond acceptors (Lipinski definition) is 6. The van der Waals surface area contributed by atoms with E-state index in [-0.39, 0.29) is 23.8 Å². The van der Waals surface area contributed by atoms with Crippen LogP contribution in [0.3, 0.4) is 0 Å². The highest BCUT2D eigenvalue weighted by atomic mass is 16.5. The number of fused-ring (bicyclic) bond motifs is 1. The molecule has 0 bridgehead atoms. The summed E-state index contributed by atoms with van der Waals surface area (Å²) in [4.78, 5) is 23.5. The van der Waals surface area contributed by atoms with Gasteiger partial charge < -0.3 is 9.84 Å². The van der Waals surface area contributed by atoms with Crippen molar-refractivity contribution in [3.8, 4) is 0 Å². The molecule has 0 spiro atoms. The maximum Gasteiger partial charge on any atom is 0.292 e. The van der Waals surface area contributed by atoms with E-state index in [1.165, 1.54) is 0 Å². The lowest BCUT2D eigenvalue weighted by molar-refractivity contribution is 0.0937. The molecule has 0 radical (unpaired) electrons. The molecule has 5 rings (SSSR count). The fraction of sp³-hybridized carbons (Fsp3) is 0.400. The molecule has 1 amide bonds. The minimum Gasteiger partial charge on any atom is -0.346 e. The number of pyridine rings is 1. The molecule has 1 aliphatic carbocycles. The fourth-order valence-electron chi connectivity index (χ4n) is 3.64. The van der Waals surface area contributed by atoms with Crippen LogP contribution in [0.15, 0.2) is 40.9 Å². The average molecular weight is 363 g/mol. The van der Waals surface area contributed by atoms with Gasteiger partial charge in [0.15, 0.2) is 0 Å². The predicted molar refractivity (Wildman–Crippen MR) is 98.9 cm³/mol. The number of carbonyl (C=O) groups is 1. The maximum atomic E-state index is 12.1. The van der Waals surface area contributed by atoms with Crippen LogP contribution >= 0.6 is 0 Å². The Morgan fingerprint density at radius 2 is 2.04 bits per heavy atom. The molecule has 2 aromatic heterocycles. The van der Waals surface area contributed by atoms with Gasteiger partial charge >= 0.3 is 0 Å². The molecule has 2 fully saturated rings. The zero-order valence-electron chi connectivity index (χ0n) is 15.0. The first-order chi connectivity index (χ1) is 13.3. The van der Waals surface area contributed by atoms with Gasteiger partial charge in [0, 0.05) is 18.0 Å². The summed E-state index contributed by atoms with van der Waals surface area (Å²) in [6.07, 6.45) is 4.07. The van der Waals surface area contributed by atoms with E-state index in [4.69, 9.17) is 9.51 Å². The van der Waals surface area contributed by atoms with E-state index in [1.54, 1.807) is 0 Å². The zero-order valence-corrected chi connectivity index (χ0v) is 15.0. The lowest BCUT2D eigenvalue weighted by Crippen LogP contribution is -2.27. The summed E-state index contributed by atoms with van der Waals surface area (Å²) in [5.41, 5.74) is 2.02. The Kier molecular flexibility index (Phi) is 4.09. The summed E-state index contributed by atoms with van der Waals surface area (Å²) in [5.74, 6) is 0.412. The average Bonchev–Trinajstić information content (AvgIpc) is 3.18. The number of nitrogens with zero attached hydrogens (tertiary/aromatic N) is 4. The number of para-hydroxylation sites is 1. The van der Waals surface area contributed by atoms with Crippen LogP contribution in [-0.4, -0.2) is 38.5 Å². The lowest BCUT2D eigenvalue weighted by Gasteiger charge is -2.21. The summed E-state index contributed by atoms with van der Waals surface area (Å²) >= 11 is 0. The number of hydrogen-bond donors (Lipinski definition) is 1. The van der Waals surface area contributed by atoms with Gasteiger partial charge in [-0.3, -0.25) is 14.7 Å². The van der Waals surface area contributed by atoms with Crippen molar-refractivity contribution in [2.45, 2.75) is 44.3 Å². The van der Waals surface area contributed by atoms with Gasteiger partial charge in [-0.05, 0) is 44.4 Å². The summed E-state index contributed by atoms with van der Waals surface area (Å²) in [6.45, 7) is 1.67. The van der Waals surface area contributed by atoms with E-state index in [2.05, 4.69) is 38.6 Å². The number of nitrogens with one attached hydrogen (secondary N) is 1. The van der Waals surface area contributed by atoms with Crippen molar-refractivity contribution in [1.82, 2.24) is 25.3 Å². The van der Waals surface area contributed by atoms with Crippen LogP contribution in [0, 0.1) is 0 Å². The number of carbonyl (C=O) groups excluding carboxylic acids is 1. The third kappa shape index (κ3) is 3.42. The topological polar surface area (TPSA) is 84.2 Å². The maximum absolute atomic E-state index is 12.1. The number of rotatable bonds is 5. The summed E-state index contributed by atoms with van der Waals surface area (Å²) < 4.78 is 5.43. The van der Waals surface area contributed by atoms with Gasteiger partial charge in [0.1, 0.15) is 0 Å². The van der Waals surface area contributed by atoms with Crippen molar-refractivity contribution in [2.24, 2.45) is 0 Å². The SMILES string of the molecule is O=C(NC1CC1)c1noc([C@H]2CCCN2Cc2ccc3ccccc3n2)n1. The quantitative estimate of drug-likeness (QED) is 0.750. The molecular weight excluding hydrogens is 342 g/mol. The molecule has 7 nitrogen and oxygen atoms in total. The molecule has 3 aromatic rings. The molecule has 1 N–H and O–H groups in total. The first kappa shape index (κ1) is 16.4. The van der Waals surface area contributed by atoms with Crippen LogP contribution in [0.4, 0.5) is 0 Å². The Morgan fingerprint density at radius 1 is 1.15 bits per heavy atom. The number of amides is 1. The van der Waals surface area contributed by atoms with Crippen molar-refractivity contribution >= 4 is 16.8 Å². The number of benzene rings is 1. The molecule has 1 aliphatic heterocycles. The second kappa shape index (κ2) is 6.74. The van der Waals surface area contributed by atoms with Gasteiger partial charge in [-0.1, -0.05) is 29.4 Å². The third-order valence-corrected chi connectivity index (χ3v) is 5.23. The first-order valence-corrected chi connectivity index (χ1v) is 9.49. The molecule has 0 unspecified atom stereocenters. The lowest BCUT2D eigenvalue weighted by atomic mass is 10.2. The van der Waals surface area contributed by atoms with Crippen LogP contribution in [0.1, 0.15) is 53.9 Å². The van der Waals surface area contributed by atoms with Gasteiger partial charge in [0.2, 0.25) is 5.89 Å². The Balaban J connectivity index is 1.32. The number of aromatic nitrogens is 3.